The highest BCUT2D eigenvalue weighted by Gasteiger charge is 2.07. The van der Waals surface area contributed by atoms with Crippen LogP contribution in [0.5, 0.6) is 0 Å². The van der Waals surface area contributed by atoms with Gasteiger partial charge in [-0.05, 0) is 20.8 Å². The lowest BCUT2D eigenvalue weighted by molar-refractivity contribution is -0.0620. The van der Waals surface area contributed by atoms with Crippen LogP contribution in [0.25, 0.3) is 0 Å². The molecule has 0 aromatic carbocycles. The number of hydrogen-bond acceptors (Lipinski definition) is 7. The number of aliphatic hydroxyl groups excluding tert-OH is 5. The fourth-order valence-electron chi connectivity index (χ4n) is 0.762. The van der Waals surface area contributed by atoms with Crippen LogP contribution in [0.3, 0.4) is 0 Å². The molecule has 0 aliphatic rings. The molecule has 3 atom stereocenters. The van der Waals surface area contributed by atoms with E-state index < -0.39 is 12.2 Å². The van der Waals surface area contributed by atoms with Crippen LogP contribution >= 0.6 is 0 Å². The first-order valence-corrected chi connectivity index (χ1v) is 6.29. The lowest BCUT2D eigenvalue weighted by Crippen LogP contribution is -2.24. The van der Waals surface area contributed by atoms with Gasteiger partial charge in [0, 0.05) is 0 Å². The molecule has 5 N–H and O–H groups in total. The molecule has 7 heteroatoms. The van der Waals surface area contributed by atoms with E-state index >= 15 is 0 Å². The van der Waals surface area contributed by atoms with E-state index in [2.05, 4.69) is 0 Å². The number of rotatable bonds is 9. The molecule has 0 saturated heterocycles. The first kappa shape index (κ1) is 21.0. The maximum atomic E-state index is 8.92. The van der Waals surface area contributed by atoms with Crippen molar-refractivity contribution in [1.29, 1.82) is 0 Å². The fourth-order valence-corrected chi connectivity index (χ4v) is 0.762. The van der Waals surface area contributed by atoms with Crippen molar-refractivity contribution < 1.29 is 35.0 Å². The quantitative estimate of drug-likeness (QED) is 0.349. The molecule has 0 radical (unpaired) electrons. The maximum Gasteiger partial charge on any atom is 0.100 e. The van der Waals surface area contributed by atoms with Gasteiger partial charge in [-0.15, -0.1) is 0 Å². The van der Waals surface area contributed by atoms with Crippen LogP contribution in [0.15, 0.2) is 0 Å². The fraction of sp³-hybridized carbons (Fsp3) is 1.00. The van der Waals surface area contributed by atoms with Crippen LogP contribution < -0.4 is 0 Å². The molecular formula is C12H28O7. The third kappa shape index (κ3) is 17.7. The second-order valence-corrected chi connectivity index (χ2v) is 4.34. The zero-order valence-electron chi connectivity index (χ0n) is 11.9. The smallest absolute Gasteiger partial charge is 0.100 e. The topological polar surface area (TPSA) is 120 Å². The van der Waals surface area contributed by atoms with Crippen LogP contribution in [0.4, 0.5) is 0 Å². The summed E-state index contributed by atoms with van der Waals surface area (Å²) < 4.78 is 10.5. The number of hydrogen-bond donors (Lipinski definition) is 5. The Morgan fingerprint density at radius 2 is 1.21 bits per heavy atom. The van der Waals surface area contributed by atoms with Crippen LogP contribution in [0.2, 0.25) is 0 Å². The van der Waals surface area contributed by atoms with E-state index in [0.717, 1.165) is 0 Å². The second kappa shape index (κ2) is 14.1. The SMILES string of the molecule is CC(O)COC(C)COC(C)CO.OCC(O)CO. The van der Waals surface area contributed by atoms with Crippen LogP contribution in [0, 0.1) is 0 Å². The minimum absolute atomic E-state index is 0.0170. The Morgan fingerprint density at radius 3 is 1.53 bits per heavy atom. The van der Waals surface area contributed by atoms with E-state index in [-0.39, 0.29) is 32.0 Å². The van der Waals surface area contributed by atoms with Crippen LogP contribution in [0.1, 0.15) is 20.8 Å². The number of aliphatic hydroxyl groups is 5. The van der Waals surface area contributed by atoms with Gasteiger partial charge in [0.1, 0.15) is 6.10 Å². The lowest BCUT2D eigenvalue weighted by atomic mass is 10.4. The predicted molar refractivity (Wildman–Crippen MR) is 69.8 cm³/mol. The molecule has 19 heavy (non-hydrogen) atoms. The van der Waals surface area contributed by atoms with Gasteiger partial charge >= 0.3 is 0 Å². The molecule has 118 valence electrons. The molecule has 0 rings (SSSR count). The molecule has 0 bridgehead atoms. The summed E-state index contributed by atoms with van der Waals surface area (Å²) in [7, 11) is 0. The highest BCUT2D eigenvalue weighted by molar-refractivity contribution is 4.52. The van der Waals surface area contributed by atoms with Crippen molar-refractivity contribution in [2.45, 2.75) is 45.2 Å². The first-order valence-electron chi connectivity index (χ1n) is 6.29. The van der Waals surface area contributed by atoms with Crippen molar-refractivity contribution >= 4 is 0 Å². The molecule has 7 nitrogen and oxygen atoms in total. The van der Waals surface area contributed by atoms with Gasteiger partial charge in [0.05, 0.1) is 51.3 Å². The molecule has 0 aromatic rings. The van der Waals surface area contributed by atoms with Crippen LogP contribution in [-0.4, -0.2) is 83.0 Å². The van der Waals surface area contributed by atoms with Crippen molar-refractivity contribution in [1.82, 2.24) is 0 Å². The minimum Gasteiger partial charge on any atom is -0.394 e. The van der Waals surface area contributed by atoms with Crippen LogP contribution in [-0.2, 0) is 9.47 Å². The first-order chi connectivity index (χ1) is 8.87. The Labute approximate surface area is 114 Å². The van der Waals surface area contributed by atoms with E-state index in [1.54, 1.807) is 13.8 Å². The summed E-state index contributed by atoms with van der Waals surface area (Å²) >= 11 is 0. The van der Waals surface area contributed by atoms with Crippen molar-refractivity contribution in [2.75, 3.05) is 33.0 Å². The molecule has 0 amide bonds. The highest BCUT2D eigenvalue weighted by atomic mass is 16.5. The molecule has 0 aromatic heterocycles. The Bertz CT molecular complexity index is 173. The van der Waals surface area contributed by atoms with Gasteiger partial charge < -0.3 is 35.0 Å². The standard InChI is InChI=1S/C9H20O4.C3H8O3/c1-7(11)5-12-9(3)6-13-8(2)4-10;4-1-3(6)2-5/h7-11H,4-6H2,1-3H3;3-6H,1-2H2. The molecule has 0 aliphatic heterocycles. The van der Waals surface area contributed by atoms with Gasteiger partial charge in [-0.25, -0.2) is 0 Å². The third-order valence-corrected chi connectivity index (χ3v) is 1.92. The van der Waals surface area contributed by atoms with E-state index in [1.165, 1.54) is 0 Å². The van der Waals surface area contributed by atoms with Crippen molar-refractivity contribution in [3.05, 3.63) is 0 Å². The average Bonchev–Trinajstić information content (AvgIpc) is 2.41. The van der Waals surface area contributed by atoms with Gasteiger partial charge in [-0.3, -0.25) is 0 Å². The molecular weight excluding hydrogens is 256 g/mol. The maximum absolute atomic E-state index is 8.92. The monoisotopic (exact) mass is 284 g/mol. The molecule has 0 saturated carbocycles. The number of ether oxygens (including phenoxy) is 2. The summed E-state index contributed by atoms with van der Waals surface area (Å²) in [5.41, 5.74) is 0. The summed E-state index contributed by atoms with van der Waals surface area (Å²) in [4.78, 5) is 0. The summed E-state index contributed by atoms with van der Waals surface area (Å²) in [5, 5.41) is 41.6. The average molecular weight is 284 g/mol. The zero-order chi connectivity index (χ0) is 15.3. The van der Waals surface area contributed by atoms with Gasteiger partial charge in [-0.2, -0.15) is 0 Å². The summed E-state index contributed by atoms with van der Waals surface area (Å²) in [5.74, 6) is 0. The highest BCUT2D eigenvalue weighted by Crippen LogP contribution is 1.97. The summed E-state index contributed by atoms with van der Waals surface area (Å²) in [6, 6.07) is 0. The predicted octanol–water partition coefficient (Wildman–Crippen LogP) is -1.50. The summed E-state index contributed by atoms with van der Waals surface area (Å²) in [6.07, 6.45) is -1.61. The van der Waals surface area contributed by atoms with Gasteiger partial charge in [0.15, 0.2) is 0 Å². The molecule has 0 spiro atoms. The Hall–Kier alpha value is -0.280. The van der Waals surface area contributed by atoms with Gasteiger partial charge in [0.2, 0.25) is 0 Å². The van der Waals surface area contributed by atoms with E-state index in [4.69, 9.17) is 35.0 Å². The Kier molecular flexibility index (Phi) is 15.6. The zero-order valence-corrected chi connectivity index (χ0v) is 11.9. The van der Waals surface area contributed by atoms with Gasteiger partial charge in [-0.1, -0.05) is 0 Å². The minimum atomic E-state index is -0.954. The van der Waals surface area contributed by atoms with E-state index in [0.29, 0.717) is 13.2 Å². The van der Waals surface area contributed by atoms with Crippen molar-refractivity contribution in [3.63, 3.8) is 0 Å². The largest absolute Gasteiger partial charge is 0.394 e. The van der Waals surface area contributed by atoms with Crippen molar-refractivity contribution in [2.24, 2.45) is 0 Å². The normalized spacial score (nSPS) is 15.6. The second-order valence-electron chi connectivity index (χ2n) is 4.34. The lowest BCUT2D eigenvalue weighted by Gasteiger charge is -2.16. The molecule has 3 unspecified atom stereocenters. The third-order valence-electron chi connectivity index (χ3n) is 1.92. The van der Waals surface area contributed by atoms with E-state index in [1.807, 2.05) is 6.92 Å². The summed E-state index contributed by atoms with van der Waals surface area (Å²) in [6.45, 7) is 5.38. The van der Waals surface area contributed by atoms with Gasteiger partial charge in [0.25, 0.3) is 0 Å². The Balaban J connectivity index is 0. The Morgan fingerprint density at radius 1 is 0.737 bits per heavy atom. The van der Waals surface area contributed by atoms with Crippen molar-refractivity contribution in [3.8, 4) is 0 Å². The molecule has 0 heterocycles. The molecule has 0 aliphatic carbocycles. The molecule has 0 fully saturated rings. The van der Waals surface area contributed by atoms with E-state index in [9.17, 15) is 0 Å².